The lowest BCUT2D eigenvalue weighted by Crippen LogP contribution is -2.33. The fourth-order valence-electron chi connectivity index (χ4n) is 2.15. The zero-order chi connectivity index (χ0) is 15.8. The summed E-state index contributed by atoms with van der Waals surface area (Å²) in [5, 5.41) is 5.23. The SMILES string of the molecule is COc1cc(CCNC(N)=NCCc2cccs2)ccc1C. The number of benzene rings is 1. The molecule has 0 aliphatic heterocycles. The van der Waals surface area contributed by atoms with E-state index in [1.165, 1.54) is 10.4 Å². The van der Waals surface area contributed by atoms with Gasteiger partial charge in [0, 0.05) is 24.4 Å². The minimum atomic E-state index is 0.510. The first-order valence-electron chi connectivity index (χ1n) is 7.38. The smallest absolute Gasteiger partial charge is 0.188 e. The Labute approximate surface area is 136 Å². The fraction of sp³-hybridized carbons (Fsp3) is 0.353. The standard InChI is InChI=1S/C17H23N3OS/c1-13-5-6-14(12-16(13)21-2)7-9-19-17(18)20-10-8-15-4-3-11-22-15/h3-6,11-12H,7-10H2,1-2H3,(H3,18,19,20). The Morgan fingerprint density at radius 1 is 1.32 bits per heavy atom. The molecule has 4 nitrogen and oxygen atoms in total. The second-order valence-electron chi connectivity index (χ2n) is 5.08. The van der Waals surface area contributed by atoms with E-state index in [1.807, 2.05) is 6.92 Å². The van der Waals surface area contributed by atoms with Crippen molar-refractivity contribution in [2.45, 2.75) is 19.8 Å². The third kappa shape index (κ3) is 5.07. The summed E-state index contributed by atoms with van der Waals surface area (Å²) in [6, 6.07) is 10.4. The number of aliphatic imine (C=N–C) groups is 1. The summed E-state index contributed by atoms with van der Waals surface area (Å²) in [6.07, 6.45) is 1.83. The van der Waals surface area contributed by atoms with Crippen LogP contribution >= 0.6 is 11.3 Å². The normalized spacial score (nSPS) is 11.5. The van der Waals surface area contributed by atoms with E-state index >= 15 is 0 Å². The van der Waals surface area contributed by atoms with Crippen LogP contribution in [-0.4, -0.2) is 26.2 Å². The maximum Gasteiger partial charge on any atom is 0.188 e. The zero-order valence-corrected chi connectivity index (χ0v) is 14.0. The lowest BCUT2D eigenvalue weighted by molar-refractivity contribution is 0.411. The minimum Gasteiger partial charge on any atom is -0.496 e. The van der Waals surface area contributed by atoms with E-state index < -0.39 is 0 Å². The third-order valence-corrected chi connectivity index (χ3v) is 4.35. The Morgan fingerprint density at radius 2 is 2.18 bits per heavy atom. The Balaban J connectivity index is 1.73. The summed E-state index contributed by atoms with van der Waals surface area (Å²) in [5.41, 5.74) is 8.25. The summed E-state index contributed by atoms with van der Waals surface area (Å²) < 4.78 is 5.33. The molecule has 0 bridgehead atoms. The molecule has 1 aromatic heterocycles. The molecule has 0 aliphatic rings. The van der Waals surface area contributed by atoms with Crippen molar-refractivity contribution in [1.82, 2.24) is 5.32 Å². The lowest BCUT2D eigenvalue weighted by Gasteiger charge is -2.09. The van der Waals surface area contributed by atoms with E-state index in [9.17, 15) is 0 Å². The number of thiophene rings is 1. The number of nitrogens with zero attached hydrogens (tertiary/aromatic N) is 1. The van der Waals surface area contributed by atoms with E-state index in [4.69, 9.17) is 10.5 Å². The van der Waals surface area contributed by atoms with Gasteiger partial charge < -0.3 is 15.8 Å². The molecule has 0 aliphatic carbocycles. The first-order chi connectivity index (χ1) is 10.7. The van der Waals surface area contributed by atoms with Gasteiger partial charge in [0.05, 0.1) is 7.11 Å². The van der Waals surface area contributed by atoms with Gasteiger partial charge >= 0.3 is 0 Å². The molecule has 0 saturated heterocycles. The number of guanidine groups is 1. The van der Waals surface area contributed by atoms with Crippen molar-refractivity contribution in [1.29, 1.82) is 0 Å². The summed E-state index contributed by atoms with van der Waals surface area (Å²) in [7, 11) is 1.70. The molecular weight excluding hydrogens is 294 g/mol. The van der Waals surface area contributed by atoms with Crippen LogP contribution in [0.5, 0.6) is 5.75 Å². The van der Waals surface area contributed by atoms with Gasteiger partial charge in [-0.15, -0.1) is 11.3 Å². The predicted octanol–water partition coefficient (Wildman–Crippen LogP) is 2.75. The molecule has 1 aromatic carbocycles. The Kier molecular flexibility index (Phi) is 6.27. The molecule has 118 valence electrons. The highest BCUT2D eigenvalue weighted by molar-refractivity contribution is 7.09. The van der Waals surface area contributed by atoms with Crippen LogP contribution in [0.15, 0.2) is 40.7 Å². The number of ether oxygens (including phenoxy) is 1. The minimum absolute atomic E-state index is 0.510. The molecule has 5 heteroatoms. The van der Waals surface area contributed by atoms with E-state index in [-0.39, 0.29) is 0 Å². The number of hydrogen-bond acceptors (Lipinski definition) is 3. The van der Waals surface area contributed by atoms with E-state index in [0.717, 1.165) is 37.2 Å². The Hall–Kier alpha value is -2.01. The lowest BCUT2D eigenvalue weighted by atomic mass is 10.1. The summed E-state index contributed by atoms with van der Waals surface area (Å²) >= 11 is 1.75. The number of nitrogens with two attached hydrogens (primary N) is 1. The first kappa shape index (κ1) is 16.4. The van der Waals surface area contributed by atoms with Crippen LogP contribution in [0.4, 0.5) is 0 Å². The van der Waals surface area contributed by atoms with Crippen LogP contribution in [0.1, 0.15) is 16.0 Å². The number of methoxy groups -OCH3 is 1. The van der Waals surface area contributed by atoms with Crippen LogP contribution in [0.25, 0.3) is 0 Å². The van der Waals surface area contributed by atoms with Crippen molar-refractivity contribution in [2.75, 3.05) is 20.2 Å². The second-order valence-corrected chi connectivity index (χ2v) is 6.11. The monoisotopic (exact) mass is 317 g/mol. The van der Waals surface area contributed by atoms with Crippen LogP contribution in [0.3, 0.4) is 0 Å². The quantitative estimate of drug-likeness (QED) is 0.610. The van der Waals surface area contributed by atoms with E-state index in [2.05, 4.69) is 46.0 Å². The van der Waals surface area contributed by atoms with Crippen molar-refractivity contribution in [3.8, 4) is 5.75 Å². The van der Waals surface area contributed by atoms with E-state index in [1.54, 1.807) is 18.4 Å². The van der Waals surface area contributed by atoms with Crippen molar-refractivity contribution < 1.29 is 4.74 Å². The number of rotatable bonds is 7. The average Bonchev–Trinajstić information content (AvgIpc) is 3.02. The molecule has 2 rings (SSSR count). The highest BCUT2D eigenvalue weighted by Crippen LogP contribution is 2.18. The molecule has 0 amide bonds. The predicted molar refractivity (Wildman–Crippen MR) is 94.0 cm³/mol. The molecule has 0 fully saturated rings. The van der Waals surface area contributed by atoms with Gasteiger partial charge in [0.2, 0.25) is 0 Å². The highest BCUT2D eigenvalue weighted by Gasteiger charge is 2.01. The fourth-order valence-corrected chi connectivity index (χ4v) is 2.85. The molecule has 0 saturated carbocycles. The topological polar surface area (TPSA) is 59.6 Å². The molecule has 0 radical (unpaired) electrons. The van der Waals surface area contributed by atoms with Crippen LogP contribution in [0.2, 0.25) is 0 Å². The largest absolute Gasteiger partial charge is 0.496 e. The molecule has 0 spiro atoms. The molecule has 2 aromatic rings. The van der Waals surface area contributed by atoms with Gasteiger partial charge in [-0.3, -0.25) is 4.99 Å². The van der Waals surface area contributed by atoms with Crippen LogP contribution < -0.4 is 15.8 Å². The van der Waals surface area contributed by atoms with Gasteiger partial charge in [-0.05, 0) is 42.0 Å². The Morgan fingerprint density at radius 3 is 2.91 bits per heavy atom. The molecule has 22 heavy (non-hydrogen) atoms. The summed E-state index contributed by atoms with van der Waals surface area (Å²) in [4.78, 5) is 5.68. The summed E-state index contributed by atoms with van der Waals surface area (Å²) in [6.45, 7) is 3.53. The maximum absolute atomic E-state index is 5.88. The molecule has 0 atom stereocenters. The van der Waals surface area contributed by atoms with Crippen molar-refractivity contribution in [2.24, 2.45) is 10.7 Å². The van der Waals surface area contributed by atoms with Gasteiger partial charge in [-0.1, -0.05) is 18.2 Å². The van der Waals surface area contributed by atoms with Gasteiger partial charge in [0.15, 0.2) is 5.96 Å². The second kappa shape index (κ2) is 8.44. The number of hydrogen-bond donors (Lipinski definition) is 2. The van der Waals surface area contributed by atoms with Gasteiger partial charge in [0.25, 0.3) is 0 Å². The first-order valence-corrected chi connectivity index (χ1v) is 8.26. The Bertz CT molecular complexity index is 608. The van der Waals surface area contributed by atoms with Crippen molar-refractivity contribution in [3.63, 3.8) is 0 Å². The third-order valence-electron chi connectivity index (χ3n) is 3.41. The molecule has 1 heterocycles. The average molecular weight is 317 g/mol. The van der Waals surface area contributed by atoms with Gasteiger partial charge in [0.1, 0.15) is 5.75 Å². The van der Waals surface area contributed by atoms with Crippen molar-refractivity contribution >= 4 is 17.3 Å². The van der Waals surface area contributed by atoms with Gasteiger partial charge in [-0.25, -0.2) is 0 Å². The van der Waals surface area contributed by atoms with Gasteiger partial charge in [-0.2, -0.15) is 0 Å². The number of aryl methyl sites for hydroxylation is 1. The number of nitrogens with one attached hydrogen (secondary N) is 1. The van der Waals surface area contributed by atoms with Crippen LogP contribution in [0, 0.1) is 6.92 Å². The molecular formula is C17H23N3OS. The summed E-state index contributed by atoms with van der Waals surface area (Å²) in [5.74, 6) is 1.44. The van der Waals surface area contributed by atoms with Crippen LogP contribution in [-0.2, 0) is 12.8 Å². The molecule has 3 N–H and O–H groups in total. The van der Waals surface area contributed by atoms with Crippen molar-refractivity contribution in [3.05, 3.63) is 51.7 Å². The highest BCUT2D eigenvalue weighted by atomic mass is 32.1. The molecule has 0 unspecified atom stereocenters. The maximum atomic E-state index is 5.88. The zero-order valence-electron chi connectivity index (χ0n) is 13.1. The van der Waals surface area contributed by atoms with E-state index in [0.29, 0.717) is 5.96 Å².